The van der Waals surface area contributed by atoms with Crippen LogP contribution in [-0.2, 0) is 11.2 Å². The number of carbonyl (C=O) groups excluding carboxylic acids is 1. The molecular formula is C15H11Cl2N3O2S. The Morgan fingerprint density at radius 2 is 2.17 bits per heavy atom. The molecule has 1 aromatic heterocycles. The van der Waals surface area contributed by atoms with Crippen molar-refractivity contribution in [2.24, 2.45) is 10.2 Å². The summed E-state index contributed by atoms with van der Waals surface area (Å²) in [5, 5.41) is 11.6. The van der Waals surface area contributed by atoms with Gasteiger partial charge in [0.2, 0.25) is 5.91 Å². The Morgan fingerprint density at radius 1 is 1.30 bits per heavy atom. The van der Waals surface area contributed by atoms with Gasteiger partial charge in [-0.3, -0.25) is 4.79 Å². The second kappa shape index (κ2) is 7.21. The fourth-order valence-corrected chi connectivity index (χ4v) is 3.34. The summed E-state index contributed by atoms with van der Waals surface area (Å²) in [5.41, 5.74) is 0.826. The number of hydrogen-bond donors (Lipinski definition) is 1. The van der Waals surface area contributed by atoms with Crippen molar-refractivity contribution < 1.29 is 9.21 Å². The molecule has 1 amide bonds. The highest BCUT2D eigenvalue weighted by Crippen LogP contribution is 2.30. The first-order chi connectivity index (χ1) is 11.1. The molecule has 1 fully saturated rings. The minimum atomic E-state index is -0.316. The van der Waals surface area contributed by atoms with E-state index in [-0.39, 0.29) is 11.2 Å². The molecule has 8 heteroatoms. The van der Waals surface area contributed by atoms with E-state index in [1.54, 1.807) is 24.5 Å². The molecule has 0 unspecified atom stereocenters. The highest BCUT2D eigenvalue weighted by atomic mass is 35.5. The van der Waals surface area contributed by atoms with Crippen LogP contribution >= 0.6 is 35.0 Å². The zero-order chi connectivity index (χ0) is 16.2. The van der Waals surface area contributed by atoms with Gasteiger partial charge in [-0.25, -0.2) is 0 Å². The zero-order valence-corrected chi connectivity index (χ0v) is 14.0. The van der Waals surface area contributed by atoms with Gasteiger partial charge in [-0.05, 0) is 30.2 Å². The van der Waals surface area contributed by atoms with Crippen LogP contribution in [0.3, 0.4) is 0 Å². The lowest BCUT2D eigenvalue weighted by atomic mass is 10.1. The van der Waals surface area contributed by atoms with E-state index in [9.17, 15) is 4.79 Å². The highest BCUT2D eigenvalue weighted by Gasteiger charge is 2.31. The van der Waals surface area contributed by atoms with Crippen molar-refractivity contribution in [3.8, 4) is 0 Å². The van der Waals surface area contributed by atoms with Crippen molar-refractivity contribution in [3.05, 3.63) is 58.0 Å². The first-order valence-corrected chi connectivity index (χ1v) is 8.32. The Hall–Kier alpha value is -1.76. The largest absolute Gasteiger partial charge is 0.463 e. The van der Waals surface area contributed by atoms with Crippen molar-refractivity contribution in [2.45, 2.75) is 11.7 Å². The number of halogens is 2. The van der Waals surface area contributed by atoms with Gasteiger partial charge >= 0.3 is 0 Å². The molecule has 5 nitrogen and oxygen atoms in total. The molecule has 1 aliphatic heterocycles. The second-order valence-electron chi connectivity index (χ2n) is 4.68. The zero-order valence-electron chi connectivity index (χ0n) is 11.7. The van der Waals surface area contributed by atoms with Crippen LogP contribution in [-0.4, -0.2) is 22.5 Å². The molecule has 0 aliphatic carbocycles. The van der Waals surface area contributed by atoms with Crippen molar-refractivity contribution in [3.63, 3.8) is 0 Å². The molecule has 118 valence electrons. The monoisotopic (exact) mass is 367 g/mol. The molecule has 0 spiro atoms. The van der Waals surface area contributed by atoms with Crippen LogP contribution in [0.5, 0.6) is 0 Å². The molecule has 23 heavy (non-hydrogen) atoms. The van der Waals surface area contributed by atoms with E-state index >= 15 is 0 Å². The van der Waals surface area contributed by atoms with Crippen molar-refractivity contribution in [1.82, 2.24) is 5.32 Å². The van der Waals surface area contributed by atoms with Crippen LogP contribution in [0.25, 0.3) is 0 Å². The number of nitrogens with one attached hydrogen (secondary N) is 1. The standard InChI is InChI=1S/C15H11Cl2N3O2S/c16-11-5-1-3-9(13(11)17)7-12-14(21)19-15(23-12)20-18-8-10-4-2-6-22-10/h1-6,8,12H,7H2,(H,19,20,21)/t12-/m0/s1. The average molecular weight is 368 g/mol. The van der Waals surface area contributed by atoms with Crippen LogP contribution in [0.15, 0.2) is 51.2 Å². The summed E-state index contributed by atoms with van der Waals surface area (Å²) >= 11 is 13.5. The van der Waals surface area contributed by atoms with Gasteiger partial charge in [-0.1, -0.05) is 47.1 Å². The lowest BCUT2D eigenvalue weighted by molar-refractivity contribution is -0.118. The molecule has 0 saturated carbocycles. The summed E-state index contributed by atoms with van der Waals surface area (Å²) in [6, 6.07) is 8.89. The third-order valence-electron chi connectivity index (χ3n) is 3.09. The summed E-state index contributed by atoms with van der Waals surface area (Å²) in [6.45, 7) is 0. The van der Waals surface area contributed by atoms with Gasteiger partial charge in [0.25, 0.3) is 0 Å². The molecular weight excluding hydrogens is 357 g/mol. The minimum absolute atomic E-state index is 0.127. The molecule has 1 aliphatic rings. The summed E-state index contributed by atoms with van der Waals surface area (Å²) in [7, 11) is 0. The van der Waals surface area contributed by atoms with Crippen LogP contribution in [0.1, 0.15) is 11.3 Å². The fourth-order valence-electron chi connectivity index (χ4n) is 2.00. The Morgan fingerprint density at radius 3 is 2.96 bits per heavy atom. The van der Waals surface area contributed by atoms with Crippen LogP contribution in [0, 0.1) is 0 Å². The van der Waals surface area contributed by atoms with Crippen LogP contribution in [0.2, 0.25) is 10.0 Å². The highest BCUT2D eigenvalue weighted by molar-refractivity contribution is 8.15. The molecule has 1 atom stereocenters. The minimum Gasteiger partial charge on any atom is -0.463 e. The Balaban J connectivity index is 1.66. The Labute approximate surface area is 146 Å². The number of benzene rings is 1. The van der Waals surface area contributed by atoms with Gasteiger partial charge in [0.1, 0.15) is 5.76 Å². The van der Waals surface area contributed by atoms with E-state index in [0.29, 0.717) is 27.4 Å². The van der Waals surface area contributed by atoms with Gasteiger partial charge < -0.3 is 9.73 Å². The van der Waals surface area contributed by atoms with Crippen LogP contribution < -0.4 is 5.32 Å². The lowest BCUT2D eigenvalue weighted by Gasteiger charge is -2.08. The molecule has 1 aromatic carbocycles. The fraction of sp³-hybridized carbons (Fsp3) is 0.133. The van der Waals surface area contributed by atoms with Gasteiger partial charge in [-0.15, -0.1) is 5.10 Å². The topological polar surface area (TPSA) is 67.0 Å². The maximum atomic E-state index is 12.0. The van der Waals surface area contributed by atoms with Gasteiger partial charge in [-0.2, -0.15) is 5.10 Å². The van der Waals surface area contributed by atoms with Crippen molar-refractivity contribution in [2.75, 3.05) is 0 Å². The summed E-state index contributed by atoms with van der Waals surface area (Å²) in [5.74, 6) is 0.462. The molecule has 1 saturated heterocycles. The maximum absolute atomic E-state index is 12.0. The number of thioether (sulfide) groups is 1. The summed E-state index contributed by atoms with van der Waals surface area (Å²) < 4.78 is 5.10. The first-order valence-electron chi connectivity index (χ1n) is 6.68. The third kappa shape index (κ3) is 3.96. The Bertz CT molecular complexity index is 775. The van der Waals surface area contributed by atoms with Crippen molar-refractivity contribution in [1.29, 1.82) is 0 Å². The number of rotatable bonds is 4. The molecule has 3 rings (SSSR count). The maximum Gasteiger partial charge on any atom is 0.239 e. The van der Waals surface area contributed by atoms with E-state index in [2.05, 4.69) is 15.5 Å². The quantitative estimate of drug-likeness (QED) is 0.660. The predicted octanol–water partition coefficient (Wildman–Crippen LogP) is 3.75. The van der Waals surface area contributed by atoms with E-state index in [0.717, 1.165) is 5.56 Å². The van der Waals surface area contributed by atoms with E-state index in [1.807, 2.05) is 12.1 Å². The van der Waals surface area contributed by atoms with Gasteiger partial charge in [0.05, 0.1) is 27.8 Å². The van der Waals surface area contributed by atoms with Crippen LogP contribution in [0.4, 0.5) is 0 Å². The van der Waals surface area contributed by atoms with E-state index in [1.165, 1.54) is 18.0 Å². The molecule has 2 heterocycles. The number of amidine groups is 1. The normalized spacial score (nSPS) is 19.7. The first kappa shape index (κ1) is 16.1. The Kier molecular flexibility index (Phi) is 5.05. The number of amides is 1. The number of hydrogen-bond acceptors (Lipinski definition) is 5. The SMILES string of the molecule is O=C1N/C(=N\N=Cc2ccco2)S[C@H]1Cc1cccc(Cl)c1Cl. The third-order valence-corrected chi connectivity index (χ3v) is 5.02. The molecule has 0 radical (unpaired) electrons. The molecule has 1 N–H and O–H groups in total. The van der Waals surface area contributed by atoms with Gasteiger partial charge in [0, 0.05) is 0 Å². The molecule has 0 bridgehead atoms. The number of furan rings is 1. The second-order valence-corrected chi connectivity index (χ2v) is 6.65. The van der Waals surface area contributed by atoms with Crippen molar-refractivity contribution >= 4 is 52.3 Å². The number of nitrogens with zero attached hydrogens (tertiary/aromatic N) is 2. The average Bonchev–Trinajstić information content (AvgIpc) is 3.15. The summed E-state index contributed by atoms with van der Waals surface area (Å²) in [4.78, 5) is 12.0. The predicted molar refractivity (Wildman–Crippen MR) is 93.4 cm³/mol. The van der Waals surface area contributed by atoms with E-state index in [4.69, 9.17) is 27.6 Å². The summed E-state index contributed by atoms with van der Waals surface area (Å²) in [6.07, 6.45) is 3.49. The lowest BCUT2D eigenvalue weighted by Crippen LogP contribution is -2.26. The number of carbonyl (C=O) groups is 1. The van der Waals surface area contributed by atoms with E-state index < -0.39 is 0 Å². The van der Waals surface area contributed by atoms with Gasteiger partial charge in [0.15, 0.2) is 5.17 Å². The smallest absolute Gasteiger partial charge is 0.239 e. The molecule has 2 aromatic rings.